The van der Waals surface area contributed by atoms with Gasteiger partial charge in [-0.05, 0) is 35.4 Å². The lowest BCUT2D eigenvalue weighted by Gasteiger charge is -2.12. The molecule has 0 aliphatic heterocycles. The number of anilines is 2. The molecule has 0 saturated heterocycles. The van der Waals surface area contributed by atoms with Gasteiger partial charge in [0.2, 0.25) is 5.95 Å². The molecule has 0 saturated carbocycles. The van der Waals surface area contributed by atoms with Gasteiger partial charge in [-0.15, -0.1) is 11.3 Å². The molecule has 3 N–H and O–H groups in total. The summed E-state index contributed by atoms with van der Waals surface area (Å²) >= 11 is 3.22. The van der Waals surface area contributed by atoms with Crippen molar-refractivity contribution in [1.82, 2.24) is 9.97 Å². The number of aliphatic hydroxyl groups excluding tert-OH is 1. The molecule has 0 fully saturated rings. The molecule has 0 aliphatic carbocycles. The Balaban J connectivity index is 1.85. The van der Waals surface area contributed by atoms with Crippen molar-refractivity contribution in [2.75, 3.05) is 24.2 Å². The predicted octanol–water partition coefficient (Wildman–Crippen LogP) is 3.25. The highest BCUT2D eigenvalue weighted by molar-refractivity contribution is 7.18. The second-order valence-corrected chi connectivity index (χ2v) is 6.69. The summed E-state index contributed by atoms with van der Waals surface area (Å²) in [5.41, 5.74) is 0.924. The van der Waals surface area contributed by atoms with Crippen LogP contribution in [0.2, 0.25) is 0 Å². The molecule has 3 aromatic rings. The van der Waals surface area contributed by atoms with E-state index in [2.05, 4.69) is 33.6 Å². The monoisotopic (exact) mass is 320 g/mol. The van der Waals surface area contributed by atoms with Gasteiger partial charge >= 0.3 is 0 Å². The number of aliphatic hydroxyl groups is 1. The molecule has 3 aromatic heterocycles. The Bertz CT molecular complexity index is 739. The number of hydrogen-bond donors (Lipinski definition) is 3. The Morgan fingerprint density at radius 2 is 2.24 bits per heavy atom. The van der Waals surface area contributed by atoms with Gasteiger partial charge in [-0.3, -0.25) is 0 Å². The fourth-order valence-corrected chi connectivity index (χ4v) is 3.65. The largest absolute Gasteiger partial charge is 0.387 e. The van der Waals surface area contributed by atoms with Crippen molar-refractivity contribution in [3.63, 3.8) is 0 Å². The highest BCUT2D eigenvalue weighted by Gasteiger charge is 2.12. The molecule has 3 heterocycles. The first kappa shape index (κ1) is 14.2. The first-order valence-corrected chi connectivity index (χ1v) is 8.33. The molecule has 1 atom stereocenters. The smallest absolute Gasteiger partial charge is 0.225 e. The lowest BCUT2D eigenvalue weighted by Crippen LogP contribution is -2.13. The number of fused-ring (bicyclic) bond motifs is 1. The van der Waals surface area contributed by atoms with Crippen molar-refractivity contribution < 1.29 is 5.11 Å². The molecule has 1 unspecified atom stereocenters. The SMILES string of the molecule is CNc1nc(NCC(O)c2ccsc2)c2cc(C)sc2n1. The molecule has 0 aliphatic rings. The minimum absolute atomic E-state index is 0.418. The predicted molar refractivity (Wildman–Crippen MR) is 89.5 cm³/mol. The van der Waals surface area contributed by atoms with Crippen LogP contribution in [0.3, 0.4) is 0 Å². The zero-order valence-corrected chi connectivity index (χ0v) is 13.4. The average molecular weight is 320 g/mol. The summed E-state index contributed by atoms with van der Waals surface area (Å²) in [5.74, 6) is 1.33. The van der Waals surface area contributed by atoms with Crippen LogP contribution in [-0.4, -0.2) is 28.7 Å². The van der Waals surface area contributed by atoms with Gasteiger partial charge in [0, 0.05) is 18.5 Å². The third kappa shape index (κ3) is 2.99. The van der Waals surface area contributed by atoms with E-state index in [1.807, 2.05) is 16.8 Å². The number of hydrogen-bond acceptors (Lipinski definition) is 7. The fraction of sp³-hybridized carbons (Fsp3) is 0.286. The van der Waals surface area contributed by atoms with Gasteiger partial charge in [-0.1, -0.05) is 0 Å². The van der Waals surface area contributed by atoms with E-state index in [-0.39, 0.29) is 0 Å². The first-order chi connectivity index (χ1) is 10.2. The lowest BCUT2D eigenvalue weighted by molar-refractivity contribution is 0.192. The maximum absolute atomic E-state index is 10.2. The van der Waals surface area contributed by atoms with Crippen LogP contribution in [0.25, 0.3) is 10.2 Å². The molecule has 0 bridgehead atoms. The Hall–Kier alpha value is -1.70. The van der Waals surface area contributed by atoms with Crippen LogP contribution in [0.15, 0.2) is 22.9 Å². The highest BCUT2D eigenvalue weighted by atomic mass is 32.1. The summed E-state index contributed by atoms with van der Waals surface area (Å²) in [4.78, 5) is 11.0. The van der Waals surface area contributed by atoms with Crippen LogP contribution in [0.1, 0.15) is 16.5 Å². The molecule has 110 valence electrons. The van der Waals surface area contributed by atoms with Gasteiger partial charge in [0.25, 0.3) is 0 Å². The second kappa shape index (κ2) is 5.97. The van der Waals surface area contributed by atoms with Crippen LogP contribution in [0, 0.1) is 6.92 Å². The van der Waals surface area contributed by atoms with Gasteiger partial charge in [-0.2, -0.15) is 16.3 Å². The van der Waals surface area contributed by atoms with Crippen LogP contribution in [-0.2, 0) is 0 Å². The minimum Gasteiger partial charge on any atom is -0.387 e. The van der Waals surface area contributed by atoms with E-state index in [1.165, 1.54) is 4.88 Å². The van der Waals surface area contributed by atoms with E-state index in [0.29, 0.717) is 12.5 Å². The van der Waals surface area contributed by atoms with E-state index in [0.717, 1.165) is 21.6 Å². The number of nitrogens with one attached hydrogen (secondary N) is 2. The number of aromatic nitrogens is 2. The molecule has 5 nitrogen and oxygen atoms in total. The van der Waals surface area contributed by atoms with Crippen molar-refractivity contribution >= 4 is 44.7 Å². The van der Waals surface area contributed by atoms with Crippen molar-refractivity contribution in [3.8, 4) is 0 Å². The number of aryl methyl sites for hydroxylation is 1. The standard InChI is InChI=1S/C14H16N4OS2/c1-8-5-10-12(17-14(15-2)18-13(10)21-8)16-6-11(19)9-3-4-20-7-9/h3-5,7,11,19H,6H2,1-2H3,(H2,15,16,17,18). The summed E-state index contributed by atoms with van der Waals surface area (Å²) in [6, 6.07) is 4.00. The zero-order valence-electron chi connectivity index (χ0n) is 11.8. The minimum atomic E-state index is -0.543. The van der Waals surface area contributed by atoms with Crippen molar-refractivity contribution in [2.45, 2.75) is 13.0 Å². The number of thiophene rings is 2. The van der Waals surface area contributed by atoms with Crippen molar-refractivity contribution in [3.05, 3.63) is 33.3 Å². The van der Waals surface area contributed by atoms with Crippen LogP contribution < -0.4 is 10.6 Å². The molecule has 3 rings (SSSR count). The molecule has 21 heavy (non-hydrogen) atoms. The molecule has 0 spiro atoms. The van der Waals surface area contributed by atoms with Crippen LogP contribution in [0.5, 0.6) is 0 Å². The van der Waals surface area contributed by atoms with E-state index in [4.69, 9.17) is 0 Å². The highest BCUT2D eigenvalue weighted by Crippen LogP contribution is 2.30. The second-order valence-electron chi connectivity index (χ2n) is 4.68. The van der Waals surface area contributed by atoms with Gasteiger partial charge in [-0.25, -0.2) is 4.98 Å². The van der Waals surface area contributed by atoms with Gasteiger partial charge < -0.3 is 15.7 Å². The van der Waals surface area contributed by atoms with Crippen molar-refractivity contribution in [1.29, 1.82) is 0 Å². The van der Waals surface area contributed by atoms with Gasteiger partial charge in [0.05, 0.1) is 11.5 Å². The van der Waals surface area contributed by atoms with E-state index < -0.39 is 6.10 Å². The lowest BCUT2D eigenvalue weighted by atomic mass is 10.2. The topological polar surface area (TPSA) is 70.1 Å². The summed E-state index contributed by atoms with van der Waals surface area (Å²) < 4.78 is 0. The Labute approximate surface area is 130 Å². The van der Waals surface area contributed by atoms with E-state index in [1.54, 1.807) is 29.7 Å². The van der Waals surface area contributed by atoms with E-state index >= 15 is 0 Å². The normalized spacial score (nSPS) is 12.5. The fourth-order valence-electron chi connectivity index (χ4n) is 2.06. The summed E-state index contributed by atoms with van der Waals surface area (Å²) in [6.07, 6.45) is -0.543. The van der Waals surface area contributed by atoms with Gasteiger partial charge in [0.1, 0.15) is 10.6 Å². The molecule has 0 aromatic carbocycles. The third-order valence-electron chi connectivity index (χ3n) is 3.13. The Morgan fingerprint density at radius 1 is 1.38 bits per heavy atom. The molecular formula is C14H16N4OS2. The zero-order chi connectivity index (χ0) is 14.8. The summed E-state index contributed by atoms with van der Waals surface area (Å²) in [7, 11) is 1.80. The number of rotatable bonds is 5. The molecule has 0 radical (unpaired) electrons. The summed E-state index contributed by atoms with van der Waals surface area (Å²) in [5, 5.41) is 21.3. The maximum Gasteiger partial charge on any atom is 0.225 e. The Morgan fingerprint density at radius 3 is 2.95 bits per heavy atom. The van der Waals surface area contributed by atoms with Gasteiger partial charge in [0.15, 0.2) is 0 Å². The molecule has 7 heteroatoms. The molecule has 0 amide bonds. The number of nitrogens with zero attached hydrogens (tertiary/aromatic N) is 2. The van der Waals surface area contributed by atoms with E-state index in [9.17, 15) is 5.11 Å². The van der Waals surface area contributed by atoms with Crippen LogP contribution >= 0.6 is 22.7 Å². The van der Waals surface area contributed by atoms with Crippen LogP contribution in [0.4, 0.5) is 11.8 Å². The third-order valence-corrected chi connectivity index (χ3v) is 4.78. The average Bonchev–Trinajstić information content (AvgIpc) is 3.12. The van der Waals surface area contributed by atoms with Crippen molar-refractivity contribution in [2.24, 2.45) is 0 Å². The maximum atomic E-state index is 10.2. The quantitative estimate of drug-likeness (QED) is 0.673. The summed E-state index contributed by atoms with van der Waals surface area (Å²) in [6.45, 7) is 2.47. The first-order valence-electron chi connectivity index (χ1n) is 6.57. The molecular weight excluding hydrogens is 304 g/mol. The Kier molecular flexibility index (Phi) is 4.05.